The van der Waals surface area contributed by atoms with E-state index in [1.807, 2.05) is 0 Å². The van der Waals surface area contributed by atoms with Crippen LogP contribution in [-0.2, 0) is 9.47 Å². The van der Waals surface area contributed by atoms with E-state index in [1.165, 1.54) is 0 Å². The topological polar surface area (TPSA) is 164 Å². The lowest BCUT2D eigenvalue weighted by molar-refractivity contribution is -0.209. The highest BCUT2D eigenvalue weighted by molar-refractivity contribution is 5.57. The van der Waals surface area contributed by atoms with Crippen molar-refractivity contribution in [1.82, 2.24) is 0 Å². The summed E-state index contributed by atoms with van der Waals surface area (Å²) in [4.78, 5) is 0. The lowest BCUT2D eigenvalue weighted by atomic mass is 9.98. The summed E-state index contributed by atoms with van der Waals surface area (Å²) in [6, 6.07) is 6.79. The Hall–Kier alpha value is -1.50. The Labute approximate surface area is 162 Å². The van der Waals surface area contributed by atoms with Crippen LogP contribution in [0.25, 0.3) is 0 Å². The Morgan fingerprint density at radius 1 is 0.643 bits per heavy atom. The first-order valence-electron chi connectivity index (χ1n) is 9.21. The molecule has 2 aliphatic heterocycles. The van der Waals surface area contributed by atoms with Gasteiger partial charge in [-0.1, -0.05) is 6.07 Å². The van der Waals surface area contributed by atoms with E-state index in [4.69, 9.17) is 9.47 Å². The Bertz CT molecular complexity index is 613. The van der Waals surface area contributed by atoms with Crippen LogP contribution < -0.4 is 10.6 Å². The van der Waals surface area contributed by atoms with Crippen molar-refractivity contribution in [3.63, 3.8) is 0 Å². The van der Waals surface area contributed by atoms with Gasteiger partial charge in [0.2, 0.25) is 0 Å². The second-order valence-corrected chi connectivity index (χ2v) is 7.34. The molecule has 0 bridgehead atoms. The number of hydrogen-bond acceptors (Lipinski definition) is 10. The van der Waals surface area contributed by atoms with Gasteiger partial charge in [0.05, 0.1) is 12.2 Å². The molecule has 0 amide bonds. The van der Waals surface area contributed by atoms with Gasteiger partial charge in [-0.25, -0.2) is 0 Å². The van der Waals surface area contributed by atoms with Gasteiger partial charge in [-0.15, -0.1) is 0 Å². The van der Waals surface area contributed by atoms with Crippen molar-refractivity contribution < 1.29 is 40.1 Å². The van der Waals surface area contributed by atoms with E-state index in [0.717, 1.165) is 0 Å². The SMILES string of the molecule is C[C@@H]1O[C@H](Nc2cccc(N[C@@H]3O[C@H](C)[C@H](O)[C@H](O)[C@@H]3O)c2)[C@H](O)[C@@H](O)[C@@H]1O. The maximum Gasteiger partial charge on any atom is 0.157 e. The third-order valence-corrected chi connectivity index (χ3v) is 5.18. The summed E-state index contributed by atoms with van der Waals surface area (Å²) < 4.78 is 11.0. The molecule has 2 aliphatic rings. The number of hydrogen-bond donors (Lipinski definition) is 8. The highest BCUT2D eigenvalue weighted by atomic mass is 16.6. The standard InChI is InChI=1S/C18H28N2O8/c1-7-11(21)13(23)15(25)17(27-7)19-9-4-3-5-10(6-9)20-18-16(26)14(24)12(22)8(2)28-18/h3-8,11-26H,1-2H3/t7-,8+,11+,12-,13-,14-,15+,16-,17-,18+/m0/s1. The number of aliphatic hydroxyl groups is 6. The van der Waals surface area contributed by atoms with Gasteiger partial charge in [0, 0.05) is 11.4 Å². The fraction of sp³-hybridized carbons (Fsp3) is 0.667. The Morgan fingerprint density at radius 3 is 1.43 bits per heavy atom. The molecular formula is C18H28N2O8. The highest BCUT2D eigenvalue weighted by Gasteiger charge is 2.43. The van der Waals surface area contributed by atoms with Crippen LogP contribution in [0.5, 0.6) is 0 Å². The molecule has 3 rings (SSSR count). The predicted octanol–water partition coefficient (Wildman–Crippen LogP) is -1.83. The monoisotopic (exact) mass is 400 g/mol. The number of benzene rings is 1. The predicted molar refractivity (Wildman–Crippen MR) is 98.4 cm³/mol. The van der Waals surface area contributed by atoms with E-state index < -0.39 is 61.3 Å². The van der Waals surface area contributed by atoms with Crippen LogP contribution in [0, 0.1) is 0 Å². The van der Waals surface area contributed by atoms with Crippen LogP contribution in [0.4, 0.5) is 11.4 Å². The van der Waals surface area contributed by atoms with Gasteiger partial charge in [-0.2, -0.15) is 0 Å². The van der Waals surface area contributed by atoms with Gasteiger partial charge in [0.1, 0.15) is 36.6 Å². The Kier molecular flexibility index (Phi) is 6.42. The molecule has 10 atom stereocenters. The minimum absolute atomic E-state index is 0.545. The van der Waals surface area contributed by atoms with Crippen molar-refractivity contribution in [2.24, 2.45) is 0 Å². The molecule has 10 heteroatoms. The van der Waals surface area contributed by atoms with E-state index in [2.05, 4.69) is 10.6 Å². The molecular weight excluding hydrogens is 372 g/mol. The molecule has 8 N–H and O–H groups in total. The zero-order valence-corrected chi connectivity index (χ0v) is 15.6. The molecule has 2 saturated heterocycles. The molecule has 158 valence electrons. The summed E-state index contributed by atoms with van der Waals surface area (Å²) in [6.45, 7) is 3.18. The molecule has 1 aromatic rings. The summed E-state index contributed by atoms with van der Waals surface area (Å²) in [5.74, 6) is 0. The van der Waals surface area contributed by atoms with Crippen molar-refractivity contribution in [2.45, 2.75) is 75.1 Å². The van der Waals surface area contributed by atoms with E-state index in [9.17, 15) is 30.6 Å². The van der Waals surface area contributed by atoms with Crippen LogP contribution in [0.1, 0.15) is 13.8 Å². The maximum atomic E-state index is 10.1. The third-order valence-electron chi connectivity index (χ3n) is 5.18. The first kappa shape index (κ1) is 21.2. The molecule has 0 unspecified atom stereocenters. The first-order valence-corrected chi connectivity index (χ1v) is 9.21. The molecule has 0 saturated carbocycles. The quantitative estimate of drug-likeness (QED) is 0.288. The second-order valence-electron chi connectivity index (χ2n) is 7.34. The van der Waals surface area contributed by atoms with Gasteiger partial charge < -0.3 is 50.7 Å². The number of anilines is 2. The van der Waals surface area contributed by atoms with Crippen molar-refractivity contribution in [3.05, 3.63) is 24.3 Å². The second kappa shape index (κ2) is 8.47. The minimum atomic E-state index is -1.34. The maximum absolute atomic E-state index is 10.1. The van der Waals surface area contributed by atoms with Crippen molar-refractivity contribution in [3.8, 4) is 0 Å². The summed E-state index contributed by atoms with van der Waals surface area (Å²) in [5, 5.41) is 65.5. The molecule has 0 aromatic heterocycles. The normalized spacial score (nSPS) is 44.1. The van der Waals surface area contributed by atoms with E-state index in [-0.39, 0.29) is 0 Å². The average Bonchev–Trinajstić information content (AvgIpc) is 2.67. The van der Waals surface area contributed by atoms with Crippen molar-refractivity contribution >= 4 is 11.4 Å². The zero-order chi connectivity index (χ0) is 20.6. The fourth-order valence-electron chi connectivity index (χ4n) is 3.37. The lowest BCUT2D eigenvalue weighted by Crippen LogP contribution is -2.59. The molecule has 2 fully saturated rings. The van der Waals surface area contributed by atoms with Crippen LogP contribution in [0.15, 0.2) is 24.3 Å². The van der Waals surface area contributed by atoms with Crippen LogP contribution in [-0.4, -0.2) is 91.9 Å². The summed E-state index contributed by atoms with van der Waals surface area (Å²) in [6.07, 6.45) is -10.9. The number of nitrogens with one attached hydrogen (secondary N) is 2. The summed E-state index contributed by atoms with van der Waals surface area (Å²) in [7, 11) is 0. The number of aliphatic hydroxyl groups excluding tert-OH is 6. The third kappa shape index (κ3) is 4.24. The van der Waals surface area contributed by atoms with E-state index in [1.54, 1.807) is 38.1 Å². The first-order chi connectivity index (χ1) is 13.2. The lowest BCUT2D eigenvalue weighted by Gasteiger charge is -2.40. The molecule has 0 aliphatic carbocycles. The average molecular weight is 400 g/mol. The van der Waals surface area contributed by atoms with Crippen LogP contribution in [0.2, 0.25) is 0 Å². The fourth-order valence-corrected chi connectivity index (χ4v) is 3.37. The van der Waals surface area contributed by atoms with Crippen molar-refractivity contribution in [1.29, 1.82) is 0 Å². The smallest absolute Gasteiger partial charge is 0.157 e. The Balaban J connectivity index is 1.67. The summed E-state index contributed by atoms with van der Waals surface area (Å²) in [5.41, 5.74) is 1.09. The highest BCUT2D eigenvalue weighted by Crippen LogP contribution is 2.26. The molecule has 0 radical (unpaired) electrons. The Morgan fingerprint density at radius 2 is 1.04 bits per heavy atom. The number of ether oxygens (including phenoxy) is 2. The van der Waals surface area contributed by atoms with Gasteiger partial charge in [0.25, 0.3) is 0 Å². The molecule has 2 heterocycles. The van der Waals surface area contributed by atoms with Crippen LogP contribution in [0.3, 0.4) is 0 Å². The van der Waals surface area contributed by atoms with Crippen LogP contribution >= 0.6 is 0 Å². The van der Waals surface area contributed by atoms with Gasteiger partial charge in [-0.3, -0.25) is 0 Å². The molecule has 10 nitrogen and oxygen atoms in total. The summed E-state index contributed by atoms with van der Waals surface area (Å²) >= 11 is 0. The largest absolute Gasteiger partial charge is 0.388 e. The molecule has 1 aromatic carbocycles. The molecule has 0 spiro atoms. The van der Waals surface area contributed by atoms with Gasteiger partial charge in [0.15, 0.2) is 12.5 Å². The molecule has 28 heavy (non-hydrogen) atoms. The van der Waals surface area contributed by atoms with E-state index >= 15 is 0 Å². The number of rotatable bonds is 4. The zero-order valence-electron chi connectivity index (χ0n) is 15.6. The van der Waals surface area contributed by atoms with Crippen molar-refractivity contribution in [2.75, 3.05) is 10.6 Å². The van der Waals surface area contributed by atoms with E-state index in [0.29, 0.717) is 11.4 Å². The van der Waals surface area contributed by atoms with Gasteiger partial charge in [-0.05, 0) is 32.0 Å². The van der Waals surface area contributed by atoms with Gasteiger partial charge >= 0.3 is 0 Å². The minimum Gasteiger partial charge on any atom is -0.388 e.